The maximum atomic E-state index is 13.7. The molecule has 2 aromatic rings. The fourth-order valence-corrected chi connectivity index (χ4v) is 3.37. The molecule has 0 atom stereocenters. The first-order chi connectivity index (χ1) is 12.1. The first-order valence-corrected chi connectivity index (χ1v) is 9.20. The van der Waals surface area contributed by atoms with Gasteiger partial charge in [0.1, 0.15) is 5.82 Å². The minimum atomic E-state index is -0.457. The second kappa shape index (κ2) is 8.32. The minimum Gasteiger partial charge on any atom is -0.335 e. The van der Waals surface area contributed by atoms with Crippen molar-refractivity contribution in [3.8, 4) is 0 Å². The highest BCUT2D eigenvalue weighted by Gasteiger charge is 2.08. The molecule has 25 heavy (non-hydrogen) atoms. The predicted molar refractivity (Wildman–Crippen MR) is 104 cm³/mol. The molecule has 128 valence electrons. The Balaban J connectivity index is 1.68. The highest BCUT2D eigenvalue weighted by Crippen LogP contribution is 2.21. The van der Waals surface area contributed by atoms with E-state index in [9.17, 15) is 9.18 Å². The number of thioether (sulfide) groups is 1. The van der Waals surface area contributed by atoms with E-state index in [0.29, 0.717) is 5.56 Å². The molecule has 6 heteroatoms. The topological polar surface area (TPSA) is 41.5 Å². The lowest BCUT2D eigenvalue weighted by molar-refractivity contribution is 0.104. The lowest BCUT2D eigenvalue weighted by atomic mass is 10.1. The first-order valence-electron chi connectivity index (χ1n) is 7.84. The zero-order valence-corrected chi connectivity index (χ0v) is 14.9. The quantitative estimate of drug-likeness (QED) is 0.584. The Hall–Kier alpha value is -2.11. The molecule has 0 bridgehead atoms. The van der Waals surface area contributed by atoms with E-state index in [1.807, 2.05) is 12.1 Å². The minimum absolute atomic E-state index is 0.211. The van der Waals surface area contributed by atoms with Crippen LogP contribution in [-0.4, -0.2) is 23.2 Å². The van der Waals surface area contributed by atoms with E-state index in [-0.39, 0.29) is 16.4 Å². The largest absolute Gasteiger partial charge is 0.335 e. The lowest BCUT2D eigenvalue weighted by Crippen LogP contribution is -2.13. The average molecular weight is 375 g/mol. The third kappa shape index (κ3) is 4.71. The van der Waals surface area contributed by atoms with Gasteiger partial charge in [0.15, 0.2) is 11.0 Å². The van der Waals surface area contributed by atoms with Gasteiger partial charge in [0.25, 0.3) is 0 Å². The predicted octanol–water partition coefficient (Wildman–Crippen LogP) is 5.28. The van der Waals surface area contributed by atoms with Crippen molar-refractivity contribution < 1.29 is 9.18 Å². The Morgan fingerprint density at radius 3 is 2.72 bits per heavy atom. The Bertz CT molecular complexity index is 814. The van der Waals surface area contributed by atoms with E-state index in [1.165, 1.54) is 24.3 Å². The molecule has 0 aromatic heterocycles. The third-order valence-corrected chi connectivity index (χ3v) is 4.95. The number of rotatable bonds is 4. The number of anilines is 1. The summed E-state index contributed by atoms with van der Waals surface area (Å²) in [5.41, 5.74) is 1.61. The molecule has 0 unspecified atom stereocenters. The van der Waals surface area contributed by atoms with E-state index in [2.05, 4.69) is 10.3 Å². The van der Waals surface area contributed by atoms with Crippen LogP contribution in [0.5, 0.6) is 0 Å². The number of benzene rings is 2. The number of carbonyl (C=O) groups excluding carboxylic acids is 1. The molecule has 0 radical (unpaired) electrons. The van der Waals surface area contributed by atoms with Crippen LogP contribution >= 0.6 is 23.4 Å². The van der Waals surface area contributed by atoms with Crippen molar-refractivity contribution >= 4 is 46.1 Å². The standard InChI is InChI=1S/C19H16ClFN2OS/c20-16-3-1-4-17(21)15(16)9-10-18(24)13-5-7-14(8-6-13)23-19-22-11-2-12-25-19/h1,3-10H,2,11-12H2,(H,22,23)/b10-9+. The van der Waals surface area contributed by atoms with Crippen LogP contribution in [0, 0.1) is 5.82 Å². The van der Waals surface area contributed by atoms with Crippen molar-refractivity contribution in [2.45, 2.75) is 6.42 Å². The maximum absolute atomic E-state index is 13.7. The van der Waals surface area contributed by atoms with Crippen LogP contribution in [0.4, 0.5) is 10.1 Å². The Kier molecular flexibility index (Phi) is 5.89. The molecular weight excluding hydrogens is 359 g/mol. The fourth-order valence-electron chi connectivity index (χ4n) is 2.30. The summed E-state index contributed by atoms with van der Waals surface area (Å²) in [7, 11) is 0. The van der Waals surface area contributed by atoms with Crippen LogP contribution in [0.1, 0.15) is 22.3 Å². The van der Waals surface area contributed by atoms with Gasteiger partial charge in [-0.05, 0) is 55.0 Å². The Morgan fingerprint density at radius 1 is 1.24 bits per heavy atom. The number of carbonyl (C=O) groups is 1. The van der Waals surface area contributed by atoms with E-state index in [0.717, 1.165) is 29.6 Å². The molecule has 2 aromatic carbocycles. The summed E-state index contributed by atoms with van der Waals surface area (Å²) in [6.07, 6.45) is 3.83. The lowest BCUT2D eigenvalue weighted by Gasteiger charge is -2.13. The van der Waals surface area contributed by atoms with Crippen molar-refractivity contribution in [1.82, 2.24) is 0 Å². The molecule has 0 amide bonds. The zero-order valence-electron chi connectivity index (χ0n) is 13.3. The number of allylic oxidation sites excluding steroid dienone is 1. The van der Waals surface area contributed by atoms with Gasteiger partial charge in [-0.3, -0.25) is 9.79 Å². The van der Waals surface area contributed by atoms with Crippen LogP contribution in [0.25, 0.3) is 6.08 Å². The van der Waals surface area contributed by atoms with Gasteiger partial charge in [0.2, 0.25) is 0 Å². The van der Waals surface area contributed by atoms with Crippen molar-refractivity contribution in [3.63, 3.8) is 0 Å². The van der Waals surface area contributed by atoms with Gasteiger partial charge in [-0.15, -0.1) is 0 Å². The molecule has 3 rings (SSSR count). The number of hydrogen-bond donors (Lipinski definition) is 1. The number of nitrogens with zero attached hydrogens (tertiary/aromatic N) is 1. The molecule has 1 heterocycles. The van der Waals surface area contributed by atoms with Gasteiger partial charge in [-0.1, -0.05) is 29.4 Å². The fraction of sp³-hybridized carbons (Fsp3) is 0.158. The zero-order chi connectivity index (χ0) is 17.6. The summed E-state index contributed by atoms with van der Waals surface area (Å²) in [6.45, 7) is 0.843. The third-order valence-electron chi connectivity index (χ3n) is 3.62. The van der Waals surface area contributed by atoms with Crippen LogP contribution < -0.4 is 5.32 Å². The molecule has 0 saturated heterocycles. The van der Waals surface area contributed by atoms with Crippen LogP contribution in [0.15, 0.2) is 53.5 Å². The summed E-state index contributed by atoms with van der Waals surface area (Å²) in [4.78, 5) is 16.6. The van der Waals surface area contributed by atoms with Gasteiger partial charge in [-0.2, -0.15) is 0 Å². The van der Waals surface area contributed by atoms with Gasteiger partial charge < -0.3 is 5.32 Å². The highest BCUT2D eigenvalue weighted by atomic mass is 35.5. The van der Waals surface area contributed by atoms with E-state index >= 15 is 0 Å². The monoisotopic (exact) mass is 374 g/mol. The molecule has 1 aliphatic rings. The summed E-state index contributed by atoms with van der Waals surface area (Å²) in [5.74, 6) is 0.392. The van der Waals surface area contributed by atoms with Crippen molar-refractivity contribution in [2.75, 3.05) is 17.6 Å². The van der Waals surface area contributed by atoms with Gasteiger partial charge >= 0.3 is 0 Å². The van der Waals surface area contributed by atoms with Crippen molar-refractivity contribution in [3.05, 3.63) is 70.5 Å². The molecule has 1 aliphatic heterocycles. The number of aliphatic imine (C=N–C) groups is 1. The number of halogens is 2. The molecular formula is C19H16ClFN2OS. The second-order valence-electron chi connectivity index (χ2n) is 5.42. The normalized spacial score (nSPS) is 14.4. The summed E-state index contributed by atoms with van der Waals surface area (Å²) >= 11 is 7.64. The van der Waals surface area contributed by atoms with Gasteiger partial charge in [0, 0.05) is 29.1 Å². The summed E-state index contributed by atoms with van der Waals surface area (Å²) < 4.78 is 13.7. The molecule has 0 spiro atoms. The molecule has 0 fully saturated rings. The SMILES string of the molecule is O=C(/C=C/c1c(F)cccc1Cl)c1ccc(NC2=NCCCS2)cc1. The summed E-state index contributed by atoms with van der Waals surface area (Å²) in [5, 5.41) is 4.41. The van der Waals surface area contributed by atoms with Gasteiger partial charge in [0.05, 0.1) is 5.02 Å². The number of ketones is 1. The van der Waals surface area contributed by atoms with Gasteiger partial charge in [-0.25, -0.2) is 4.39 Å². The van der Waals surface area contributed by atoms with Crippen molar-refractivity contribution in [2.24, 2.45) is 4.99 Å². The molecule has 1 N–H and O–H groups in total. The van der Waals surface area contributed by atoms with E-state index in [1.54, 1.807) is 30.0 Å². The maximum Gasteiger partial charge on any atom is 0.185 e. The number of nitrogens with one attached hydrogen (secondary N) is 1. The highest BCUT2D eigenvalue weighted by molar-refractivity contribution is 8.14. The van der Waals surface area contributed by atoms with Crippen molar-refractivity contribution in [1.29, 1.82) is 0 Å². The molecule has 3 nitrogen and oxygen atoms in total. The van der Waals surface area contributed by atoms with Crippen LogP contribution in [0.3, 0.4) is 0 Å². The smallest absolute Gasteiger partial charge is 0.185 e. The Morgan fingerprint density at radius 2 is 2.04 bits per heavy atom. The molecule has 0 saturated carbocycles. The van der Waals surface area contributed by atoms with E-state index < -0.39 is 5.82 Å². The second-order valence-corrected chi connectivity index (χ2v) is 6.91. The molecule has 0 aliphatic carbocycles. The number of hydrogen-bond acceptors (Lipinski definition) is 4. The van der Waals surface area contributed by atoms with Crippen LogP contribution in [-0.2, 0) is 0 Å². The Labute approximate surface area is 155 Å². The average Bonchev–Trinajstić information content (AvgIpc) is 2.62. The summed E-state index contributed by atoms with van der Waals surface area (Å²) in [6, 6.07) is 11.5. The number of amidine groups is 1. The van der Waals surface area contributed by atoms with E-state index in [4.69, 9.17) is 11.6 Å². The van der Waals surface area contributed by atoms with Crippen LogP contribution in [0.2, 0.25) is 5.02 Å². The first kappa shape index (κ1) is 17.7.